The molecule has 0 heterocycles. The van der Waals surface area contributed by atoms with Crippen LogP contribution in [0.3, 0.4) is 0 Å². The Balaban J connectivity index is 2.54. The maximum atomic E-state index is 12.4. The van der Waals surface area contributed by atoms with Crippen LogP contribution in [0.2, 0.25) is 0 Å². The zero-order valence-electron chi connectivity index (χ0n) is 13.6. The number of carbonyl (C=O) groups is 2. The van der Waals surface area contributed by atoms with Crippen molar-refractivity contribution in [2.45, 2.75) is 58.4 Å². The van der Waals surface area contributed by atoms with Crippen molar-refractivity contribution in [2.75, 3.05) is 6.54 Å². The van der Waals surface area contributed by atoms with Gasteiger partial charge in [-0.05, 0) is 38.2 Å². The molecule has 1 aromatic carbocycles. The van der Waals surface area contributed by atoms with Crippen molar-refractivity contribution in [3.05, 3.63) is 35.9 Å². The quantitative estimate of drug-likeness (QED) is 0.673. The molecule has 0 aromatic heterocycles. The van der Waals surface area contributed by atoms with E-state index in [0.29, 0.717) is 25.8 Å². The standard InChI is InChI=1S/C18H27NO3/c1-3-16(14-15-10-6-5-7-11-15)19(4-2)17(20)12-8-9-13-18(21)22/h5-7,10-11,16H,3-4,8-9,12-14H2,1-2H3,(H,21,22). The highest BCUT2D eigenvalue weighted by Gasteiger charge is 2.20. The van der Waals surface area contributed by atoms with E-state index in [1.54, 1.807) is 0 Å². The fraction of sp³-hybridized carbons (Fsp3) is 0.556. The summed E-state index contributed by atoms with van der Waals surface area (Å²) in [4.78, 5) is 24.8. The van der Waals surface area contributed by atoms with Crippen LogP contribution in [0.25, 0.3) is 0 Å². The van der Waals surface area contributed by atoms with Crippen LogP contribution in [0.1, 0.15) is 51.5 Å². The summed E-state index contributed by atoms with van der Waals surface area (Å²) in [7, 11) is 0. The number of amides is 1. The lowest BCUT2D eigenvalue weighted by atomic mass is 10.0. The summed E-state index contributed by atoms with van der Waals surface area (Å²) in [5.41, 5.74) is 1.24. The van der Waals surface area contributed by atoms with Crippen molar-refractivity contribution >= 4 is 11.9 Å². The minimum atomic E-state index is -0.796. The van der Waals surface area contributed by atoms with E-state index in [2.05, 4.69) is 19.1 Å². The average Bonchev–Trinajstić information content (AvgIpc) is 2.52. The lowest BCUT2D eigenvalue weighted by Gasteiger charge is -2.30. The third kappa shape index (κ3) is 6.29. The minimum Gasteiger partial charge on any atom is -0.481 e. The molecule has 0 fully saturated rings. The average molecular weight is 305 g/mol. The molecular weight excluding hydrogens is 278 g/mol. The summed E-state index contributed by atoms with van der Waals surface area (Å²) in [6.45, 7) is 4.81. The molecule has 0 spiro atoms. The van der Waals surface area contributed by atoms with E-state index in [4.69, 9.17) is 5.11 Å². The molecule has 1 unspecified atom stereocenters. The van der Waals surface area contributed by atoms with Gasteiger partial charge in [-0.3, -0.25) is 9.59 Å². The van der Waals surface area contributed by atoms with Crippen molar-refractivity contribution in [3.63, 3.8) is 0 Å². The highest BCUT2D eigenvalue weighted by Crippen LogP contribution is 2.14. The van der Waals surface area contributed by atoms with E-state index in [-0.39, 0.29) is 18.4 Å². The maximum Gasteiger partial charge on any atom is 0.303 e. The molecule has 0 aliphatic heterocycles. The first-order valence-corrected chi connectivity index (χ1v) is 8.13. The first-order valence-electron chi connectivity index (χ1n) is 8.13. The molecule has 4 heteroatoms. The Kier molecular flexibility index (Phi) is 8.26. The number of hydrogen-bond donors (Lipinski definition) is 1. The Morgan fingerprint density at radius 1 is 1.09 bits per heavy atom. The molecule has 122 valence electrons. The molecule has 22 heavy (non-hydrogen) atoms. The number of carbonyl (C=O) groups excluding carboxylic acids is 1. The van der Waals surface area contributed by atoms with E-state index in [1.807, 2.05) is 30.0 Å². The van der Waals surface area contributed by atoms with Crippen LogP contribution in [-0.2, 0) is 16.0 Å². The predicted molar refractivity (Wildman–Crippen MR) is 87.7 cm³/mol. The Labute approximate surface area is 133 Å². The van der Waals surface area contributed by atoms with Crippen LogP contribution in [-0.4, -0.2) is 34.5 Å². The van der Waals surface area contributed by atoms with Crippen LogP contribution >= 0.6 is 0 Å². The number of carboxylic acids is 1. The van der Waals surface area contributed by atoms with Gasteiger partial charge < -0.3 is 10.0 Å². The first-order chi connectivity index (χ1) is 10.6. The van der Waals surface area contributed by atoms with E-state index in [0.717, 1.165) is 12.8 Å². The third-order valence-electron chi connectivity index (χ3n) is 3.92. The molecule has 4 nitrogen and oxygen atoms in total. The third-order valence-corrected chi connectivity index (χ3v) is 3.92. The second-order valence-corrected chi connectivity index (χ2v) is 5.53. The van der Waals surface area contributed by atoms with Gasteiger partial charge in [-0.15, -0.1) is 0 Å². The fourth-order valence-corrected chi connectivity index (χ4v) is 2.70. The number of likely N-dealkylation sites (N-methyl/N-ethyl adjacent to an activating group) is 1. The lowest BCUT2D eigenvalue weighted by molar-refractivity contribution is -0.138. The van der Waals surface area contributed by atoms with E-state index in [9.17, 15) is 9.59 Å². The molecule has 0 aliphatic carbocycles. The van der Waals surface area contributed by atoms with Crippen LogP contribution in [0.5, 0.6) is 0 Å². The largest absolute Gasteiger partial charge is 0.481 e. The zero-order chi connectivity index (χ0) is 16.4. The van der Waals surface area contributed by atoms with Crippen LogP contribution in [0.15, 0.2) is 30.3 Å². The van der Waals surface area contributed by atoms with Crippen molar-refractivity contribution in [1.29, 1.82) is 0 Å². The highest BCUT2D eigenvalue weighted by atomic mass is 16.4. The van der Waals surface area contributed by atoms with Crippen LogP contribution in [0.4, 0.5) is 0 Å². The molecule has 0 saturated carbocycles. The van der Waals surface area contributed by atoms with Gasteiger partial charge in [0.2, 0.25) is 5.91 Å². The zero-order valence-corrected chi connectivity index (χ0v) is 13.6. The van der Waals surface area contributed by atoms with Gasteiger partial charge in [-0.25, -0.2) is 0 Å². The van der Waals surface area contributed by atoms with Gasteiger partial charge in [0.15, 0.2) is 0 Å². The van der Waals surface area contributed by atoms with E-state index < -0.39 is 5.97 Å². The van der Waals surface area contributed by atoms with Crippen LogP contribution in [0, 0.1) is 0 Å². The fourth-order valence-electron chi connectivity index (χ4n) is 2.70. The summed E-state index contributed by atoms with van der Waals surface area (Å²) < 4.78 is 0. The molecule has 1 amide bonds. The highest BCUT2D eigenvalue weighted by molar-refractivity contribution is 5.76. The summed E-state index contributed by atoms with van der Waals surface area (Å²) in [5.74, 6) is -0.661. The molecule has 0 radical (unpaired) electrons. The van der Waals surface area contributed by atoms with E-state index in [1.165, 1.54) is 5.56 Å². The van der Waals surface area contributed by atoms with Gasteiger partial charge in [0, 0.05) is 25.4 Å². The van der Waals surface area contributed by atoms with Crippen molar-refractivity contribution in [1.82, 2.24) is 4.90 Å². The van der Waals surface area contributed by atoms with Crippen molar-refractivity contribution in [3.8, 4) is 0 Å². The van der Waals surface area contributed by atoms with Gasteiger partial charge in [-0.2, -0.15) is 0 Å². The predicted octanol–water partition coefficient (Wildman–Crippen LogP) is 3.50. The molecular formula is C18H27NO3. The number of aliphatic carboxylic acids is 1. The summed E-state index contributed by atoms with van der Waals surface area (Å²) >= 11 is 0. The van der Waals surface area contributed by atoms with Gasteiger partial charge in [-0.1, -0.05) is 37.3 Å². The summed E-state index contributed by atoms with van der Waals surface area (Å²) in [5, 5.41) is 8.63. The van der Waals surface area contributed by atoms with Gasteiger partial charge >= 0.3 is 5.97 Å². The molecule has 1 aromatic rings. The maximum absolute atomic E-state index is 12.4. The number of benzene rings is 1. The molecule has 0 aliphatic rings. The Morgan fingerprint density at radius 2 is 1.73 bits per heavy atom. The first kappa shape index (κ1) is 18.2. The number of unbranched alkanes of at least 4 members (excludes halogenated alkanes) is 1. The van der Waals surface area contributed by atoms with Crippen LogP contribution < -0.4 is 0 Å². The minimum absolute atomic E-state index is 0.135. The number of rotatable bonds is 10. The Morgan fingerprint density at radius 3 is 2.27 bits per heavy atom. The van der Waals surface area contributed by atoms with Crippen molar-refractivity contribution < 1.29 is 14.7 Å². The second-order valence-electron chi connectivity index (χ2n) is 5.53. The molecule has 1 N–H and O–H groups in total. The van der Waals surface area contributed by atoms with Gasteiger partial charge in [0.1, 0.15) is 0 Å². The molecule has 1 rings (SSSR count). The molecule has 0 saturated heterocycles. The Bertz CT molecular complexity index is 459. The summed E-state index contributed by atoms with van der Waals surface area (Å²) in [6, 6.07) is 10.4. The number of nitrogens with zero attached hydrogens (tertiary/aromatic N) is 1. The van der Waals surface area contributed by atoms with Gasteiger partial charge in [0.05, 0.1) is 0 Å². The second kappa shape index (κ2) is 9.98. The molecule has 1 atom stereocenters. The number of carboxylic acid groups (broad SMARTS) is 1. The number of hydrogen-bond acceptors (Lipinski definition) is 2. The smallest absolute Gasteiger partial charge is 0.303 e. The normalized spacial score (nSPS) is 11.9. The van der Waals surface area contributed by atoms with E-state index >= 15 is 0 Å². The SMILES string of the molecule is CCC(Cc1ccccc1)N(CC)C(=O)CCCCC(=O)O. The van der Waals surface area contributed by atoms with Crippen molar-refractivity contribution in [2.24, 2.45) is 0 Å². The van der Waals surface area contributed by atoms with Gasteiger partial charge in [0.25, 0.3) is 0 Å². The topological polar surface area (TPSA) is 57.6 Å². The summed E-state index contributed by atoms with van der Waals surface area (Å²) in [6.07, 6.45) is 3.57. The molecule has 0 bridgehead atoms. The lowest BCUT2D eigenvalue weighted by Crippen LogP contribution is -2.41. The monoisotopic (exact) mass is 305 g/mol. The Hall–Kier alpha value is -1.84.